The molecule has 0 fully saturated rings. The Hall–Kier alpha value is -2.18. The molecule has 102 valence electrons. The fraction of sp³-hybridized carbons (Fsp3) is 0.500. The fourth-order valence-corrected chi connectivity index (χ4v) is 1.85. The van der Waals surface area contributed by atoms with Crippen LogP contribution in [0.25, 0.3) is 0 Å². The second-order valence-electron chi connectivity index (χ2n) is 4.29. The van der Waals surface area contributed by atoms with Crippen LogP contribution >= 0.6 is 0 Å². The molecular formula is C12H17N5O2. The first kappa shape index (κ1) is 13.3. The third-order valence-corrected chi connectivity index (χ3v) is 2.78. The molecule has 0 aliphatic carbocycles. The Labute approximate surface area is 111 Å². The Morgan fingerprint density at radius 2 is 2.32 bits per heavy atom. The number of carbonyl (C=O) groups excluding carboxylic acids is 1. The zero-order valence-corrected chi connectivity index (χ0v) is 11.3. The van der Waals surface area contributed by atoms with Crippen LogP contribution in [-0.2, 0) is 6.54 Å². The third-order valence-electron chi connectivity index (χ3n) is 2.78. The van der Waals surface area contributed by atoms with Gasteiger partial charge in [0.25, 0.3) is 5.91 Å². The Bertz CT molecular complexity index is 560. The molecule has 1 atom stereocenters. The highest BCUT2D eigenvalue weighted by Crippen LogP contribution is 2.11. The standard InChI is InChI=1S/C12H17N5O2/c1-4-5-17-11(13-6-15-17)8(2)16-12(18)10-9(3)19-7-14-10/h6-8H,4-5H2,1-3H3,(H,16,18)/t8-/m1/s1. The number of aromatic nitrogens is 4. The van der Waals surface area contributed by atoms with Crippen molar-refractivity contribution in [1.82, 2.24) is 25.1 Å². The van der Waals surface area contributed by atoms with E-state index in [0.29, 0.717) is 11.5 Å². The van der Waals surface area contributed by atoms with Gasteiger partial charge in [-0.3, -0.25) is 4.79 Å². The summed E-state index contributed by atoms with van der Waals surface area (Å²) in [6, 6.07) is -0.238. The molecule has 2 aromatic rings. The number of carbonyl (C=O) groups is 1. The lowest BCUT2D eigenvalue weighted by molar-refractivity contribution is 0.0931. The molecule has 2 rings (SSSR count). The molecule has 2 aromatic heterocycles. The monoisotopic (exact) mass is 263 g/mol. The van der Waals surface area contributed by atoms with Crippen molar-refractivity contribution < 1.29 is 9.21 Å². The summed E-state index contributed by atoms with van der Waals surface area (Å²) < 4.78 is 6.81. The molecule has 7 heteroatoms. The van der Waals surface area contributed by atoms with Crippen LogP contribution in [-0.4, -0.2) is 25.7 Å². The molecule has 0 radical (unpaired) electrons. The van der Waals surface area contributed by atoms with Gasteiger partial charge in [0, 0.05) is 6.54 Å². The van der Waals surface area contributed by atoms with E-state index < -0.39 is 0 Å². The van der Waals surface area contributed by atoms with Crippen molar-refractivity contribution >= 4 is 5.91 Å². The SMILES string of the molecule is CCCn1ncnc1[C@@H](C)NC(=O)c1ncoc1C. The van der Waals surface area contributed by atoms with Gasteiger partial charge in [-0.15, -0.1) is 0 Å². The Balaban J connectivity index is 2.08. The van der Waals surface area contributed by atoms with E-state index in [1.807, 2.05) is 6.92 Å². The molecule has 0 aliphatic heterocycles. The van der Waals surface area contributed by atoms with Gasteiger partial charge in [-0.25, -0.2) is 14.6 Å². The average molecular weight is 263 g/mol. The van der Waals surface area contributed by atoms with Crippen molar-refractivity contribution in [2.45, 2.75) is 39.8 Å². The minimum Gasteiger partial charge on any atom is -0.448 e. The normalized spacial score (nSPS) is 12.4. The number of nitrogens with zero attached hydrogens (tertiary/aromatic N) is 4. The topological polar surface area (TPSA) is 85.8 Å². The maximum atomic E-state index is 12.0. The average Bonchev–Trinajstić information content (AvgIpc) is 2.98. The lowest BCUT2D eigenvalue weighted by Gasteiger charge is -2.13. The summed E-state index contributed by atoms with van der Waals surface area (Å²) in [6.07, 6.45) is 3.71. The van der Waals surface area contributed by atoms with Crippen LogP contribution in [0.15, 0.2) is 17.1 Å². The van der Waals surface area contributed by atoms with E-state index in [0.717, 1.165) is 18.8 Å². The molecule has 7 nitrogen and oxygen atoms in total. The summed E-state index contributed by atoms with van der Waals surface area (Å²) >= 11 is 0. The number of hydrogen-bond acceptors (Lipinski definition) is 5. The first-order valence-corrected chi connectivity index (χ1v) is 6.22. The molecule has 1 amide bonds. The Morgan fingerprint density at radius 3 is 2.95 bits per heavy atom. The Morgan fingerprint density at radius 1 is 1.53 bits per heavy atom. The lowest BCUT2D eigenvalue weighted by Crippen LogP contribution is -2.29. The van der Waals surface area contributed by atoms with E-state index in [2.05, 4.69) is 27.3 Å². The summed E-state index contributed by atoms with van der Waals surface area (Å²) in [6.45, 7) is 6.40. The molecule has 0 bridgehead atoms. The molecule has 0 spiro atoms. The van der Waals surface area contributed by atoms with E-state index >= 15 is 0 Å². The van der Waals surface area contributed by atoms with Crippen LogP contribution in [0.2, 0.25) is 0 Å². The summed E-state index contributed by atoms with van der Waals surface area (Å²) in [5.74, 6) is 0.959. The highest BCUT2D eigenvalue weighted by atomic mass is 16.3. The van der Waals surface area contributed by atoms with E-state index in [1.165, 1.54) is 12.7 Å². The second kappa shape index (κ2) is 5.64. The van der Waals surface area contributed by atoms with Gasteiger partial charge in [0.05, 0.1) is 6.04 Å². The van der Waals surface area contributed by atoms with Gasteiger partial charge < -0.3 is 9.73 Å². The van der Waals surface area contributed by atoms with Crippen LogP contribution in [0.3, 0.4) is 0 Å². The lowest BCUT2D eigenvalue weighted by atomic mass is 10.2. The molecular weight excluding hydrogens is 246 g/mol. The van der Waals surface area contributed by atoms with Crippen LogP contribution in [0, 0.1) is 6.92 Å². The molecule has 0 aromatic carbocycles. The van der Waals surface area contributed by atoms with E-state index in [-0.39, 0.29) is 11.9 Å². The predicted molar refractivity (Wildman–Crippen MR) is 67.4 cm³/mol. The van der Waals surface area contributed by atoms with Gasteiger partial charge in [0.2, 0.25) is 0 Å². The van der Waals surface area contributed by atoms with Crippen LogP contribution in [0.1, 0.15) is 48.4 Å². The molecule has 0 saturated carbocycles. The van der Waals surface area contributed by atoms with Crippen molar-refractivity contribution in [1.29, 1.82) is 0 Å². The molecule has 2 heterocycles. The summed E-state index contributed by atoms with van der Waals surface area (Å²) in [4.78, 5) is 20.1. The van der Waals surface area contributed by atoms with Gasteiger partial charge in [0.1, 0.15) is 17.9 Å². The number of hydrogen-bond donors (Lipinski definition) is 1. The molecule has 1 N–H and O–H groups in total. The van der Waals surface area contributed by atoms with E-state index in [1.54, 1.807) is 11.6 Å². The zero-order chi connectivity index (χ0) is 13.8. The molecule has 0 aliphatic rings. The summed E-state index contributed by atoms with van der Waals surface area (Å²) in [5, 5.41) is 6.97. The Kier molecular flexibility index (Phi) is 3.94. The smallest absolute Gasteiger partial charge is 0.274 e. The minimum absolute atomic E-state index is 0.238. The second-order valence-corrected chi connectivity index (χ2v) is 4.29. The fourth-order valence-electron chi connectivity index (χ4n) is 1.85. The van der Waals surface area contributed by atoms with Gasteiger partial charge in [-0.05, 0) is 20.3 Å². The maximum absolute atomic E-state index is 12.0. The summed E-state index contributed by atoms with van der Waals surface area (Å²) in [7, 11) is 0. The molecule has 0 saturated heterocycles. The van der Waals surface area contributed by atoms with Gasteiger partial charge in [0.15, 0.2) is 12.1 Å². The number of oxazole rings is 1. The first-order chi connectivity index (χ1) is 9.13. The summed E-state index contributed by atoms with van der Waals surface area (Å²) in [5.41, 5.74) is 0.299. The van der Waals surface area contributed by atoms with Gasteiger partial charge in [-0.2, -0.15) is 5.10 Å². The van der Waals surface area contributed by atoms with Crippen LogP contribution < -0.4 is 5.32 Å². The minimum atomic E-state index is -0.273. The predicted octanol–water partition coefficient (Wildman–Crippen LogP) is 1.48. The van der Waals surface area contributed by atoms with E-state index in [4.69, 9.17) is 4.42 Å². The van der Waals surface area contributed by atoms with Crippen molar-refractivity contribution in [2.24, 2.45) is 0 Å². The number of amides is 1. The van der Waals surface area contributed by atoms with Crippen molar-refractivity contribution in [2.75, 3.05) is 0 Å². The van der Waals surface area contributed by atoms with E-state index in [9.17, 15) is 4.79 Å². The van der Waals surface area contributed by atoms with Crippen LogP contribution in [0.4, 0.5) is 0 Å². The van der Waals surface area contributed by atoms with Crippen molar-refractivity contribution in [3.8, 4) is 0 Å². The quantitative estimate of drug-likeness (QED) is 0.883. The molecule has 19 heavy (non-hydrogen) atoms. The highest BCUT2D eigenvalue weighted by molar-refractivity contribution is 5.93. The third kappa shape index (κ3) is 2.81. The number of rotatable bonds is 5. The maximum Gasteiger partial charge on any atom is 0.274 e. The number of aryl methyl sites for hydroxylation is 2. The van der Waals surface area contributed by atoms with Crippen molar-refractivity contribution in [3.05, 3.63) is 30.0 Å². The van der Waals surface area contributed by atoms with Crippen molar-refractivity contribution in [3.63, 3.8) is 0 Å². The number of nitrogens with one attached hydrogen (secondary N) is 1. The highest BCUT2D eigenvalue weighted by Gasteiger charge is 2.19. The molecule has 0 unspecified atom stereocenters. The van der Waals surface area contributed by atoms with Gasteiger partial charge in [-0.1, -0.05) is 6.92 Å². The van der Waals surface area contributed by atoms with Crippen LogP contribution in [0.5, 0.6) is 0 Å². The largest absolute Gasteiger partial charge is 0.448 e. The first-order valence-electron chi connectivity index (χ1n) is 6.22. The van der Waals surface area contributed by atoms with Gasteiger partial charge >= 0.3 is 0 Å². The zero-order valence-electron chi connectivity index (χ0n) is 11.3.